The number of carbonyl (C=O) groups is 8. The van der Waals surface area contributed by atoms with E-state index < -0.39 is 58.9 Å². The number of alkyl carbamates (subject to hydrolysis) is 2. The summed E-state index contributed by atoms with van der Waals surface area (Å²) < 4.78 is 21.0. The lowest BCUT2D eigenvalue weighted by molar-refractivity contribution is -0.142. The molecule has 0 aliphatic carbocycles. The van der Waals surface area contributed by atoms with Crippen LogP contribution in [0.4, 0.5) is 30.6 Å². The fourth-order valence-electron chi connectivity index (χ4n) is 8.37. The summed E-state index contributed by atoms with van der Waals surface area (Å²) in [6.45, 7) is 16.1. The Kier molecular flexibility index (Phi) is 29.1. The molecule has 21 nitrogen and oxygen atoms in total. The molecule has 2 aliphatic heterocycles. The second-order valence-corrected chi connectivity index (χ2v) is 22.7. The molecule has 0 unspecified atom stereocenters. The van der Waals surface area contributed by atoms with Crippen LogP contribution >= 0.6 is 35.6 Å². The first-order valence-corrected chi connectivity index (χ1v) is 28.2. The van der Waals surface area contributed by atoms with Crippen molar-refractivity contribution < 1.29 is 62.4 Å². The number of amides is 7. The maximum Gasteiger partial charge on any atom is 0.411 e. The van der Waals surface area contributed by atoms with Crippen molar-refractivity contribution in [1.82, 2.24) is 31.5 Å². The summed E-state index contributed by atoms with van der Waals surface area (Å²) in [7, 11) is 0. The molecule has 4 aromatic rings. The highest BCUT2D eigenvalue weighted by Crippen LogP contribution is 2.34. The highest BCUT2D eigenvalue weighted by molar-refractivity contribution is 6.31. The molecule has 2 saturated heterocycles. The predicted molar refractivity (Wildman–Crippen MR) is 324 cm³/mol. The van der Waals surface area contributed by atoms with E-state index in [1.807, 2.05) is 79.7 Å². The molecular formula is C60H81Cl3N8O13. The van der Waals surface area contributed by atoms with E-state index in [0.717, 1.165) is 29.5 Å². The molecule has 2 aliphatic rings. The lowest BCUT2D eigenvalue weighted by Crippen LogP contribution is -2.53. The third-order valence-electron chi connectivity index (χ3n) is 13.1. The lowest BCUT2D eigenvalue weighted by Gasteiger charge is -2.40. The number of halogens is 3. The van der Waals surface area contributed by atoms with Gasteiger partial charge in [-0.3, -0.25) is 29.8 Å². The standard InChI is InChI=1S/C30H39ClN4O6.C23H28ClN3O3.C7H13NO4.ClH/c1-5-21-10-12-23(13-11-21)34-28(39)40-20-30(26(37)32-18-22-8-6-7-9-24(22)31)14-16-35(17-15-30)25(36)19-33-27(38)41-29(2,3)4;1-2-17-7-9-19(10-8-17)27-22(29)30-16-23(11-13-25-14-12-23)21(28)26-15-18-5-3-4-6-20(18)24;1-7(2,3)12-6(11)8-4-5(9)10;/h6-13H,5,14-20H2,1-4H3,(H,32,37)(H,33,38)(H,34,39);3-10,25H,2,11-16H2,1H3,(H,26,28)(H,27,29);4H2,1-3H3,(H,8,11)(H,9,10);1H. The zero-order valence-electron chi connectivity index (χ0n) is 49.0. The van der Waals surface area contributed by atoms with Crippen molar-refractivity contribution in [3.8, 4) is 0 Å². The van der Waals surface area contributed by atoms with E-state index in [1.54, 1.807) is 70.7 Å². The number of piperidine rings is 2. The molecule has 6 rings (SSSR count). The molecule has 0 bridgehead atoms. The molecule has 84 heavy (non-hydrogen) atoms. The normalized spacial score (nSPS) is 14.0. The lowest BCUT2D eigenvalue weighted by atomic mass is 9.78. The molecule has 2 heterocycles. The smallest absolute Gasteiger partial charge is 0.411 e. The van der Waals surface area contributed by atoms with Crippen LogP contribution in [0.2, 0.25) is 10.0 Å². The van der Waals surface area contributed by atoms with Crippen molar-refractivity contribution >= 4 is 95.0 Å². The Labute approximate surface area is 508 Å². The largest absolute Gasteiger partial charge is 0.480 e. The number of rotatable bonds is 18. The Hall–Kier alpha value is -7.33. The van der Waals surface area contributed by atoms with Crippen molar-refractivity contribution in [3.05, 3.63) is 129 Å². The quantitative estimate of drug-likeness (QED) is 0.0431. The molecule has 24 heteroatoms. The van der Waals surface area contributed by atoms with Gasteiger partial charge >= 0.3 is 30.3 Å². The minimum Gasteiger partial charge on any atom is -0.480 e. The number of ether oxygens (including phenoxy) is 4. The van der Waals surface area contributed by atoms with Gasteiger partial charge < -0.3 is 55.5 Å². The van der Waals surface area contributed by atoms with Gasteiger partial charge in [0.1, 0.15) is 37.5 Å². The molecule has 4 aromatic carbocycles. The van der Waals surface area contributed by atoms with Crippen molar-refractivity contribution in [2.45, 2.75) is 118 Å². The van der Waals surface area contributed by atoms with Gasteiger partial charge in [-0.25, -0.2) is 19.2 Å². The van der Waals surface area contributed by atoms with Gasteiger partial charge in [0.15, 0.2) is 0 Å². The Bertz CT molecular complexity index is 2800. The van der Waals surface area contributed by atoms with Crippen molar-refractivity contribution in [3.63, 3.8) is 0 Å². The third kappa shape index (κ3) is 25.3. The van der Waals surface area contributed by atoms with E-state index in [-0.39, 0.29) is 82.4 Å². The van der Waals surface area contributed by atoms with Crippen LogP contribution in [0.3, 0.4) is 0 Å². The molecule has 0 radical (unpaired) electrons. The molecule has 0 atom stereocenters. The highest BCUT2D eigenvalue weighted by Gasteiger charge is 2.44. The summed E-state index contributed by atoms with van der Waals surface area (Å²) in [5.74, 6) is -1.81. The summed E-state index contributed by atoms with van der Waals surface area (Å²) in [6.07, 6.45) is 0.904. The number of benzene rings is 4. The van der Waals surface area contributed by atoms with Gasteiger partial charge in [-0.1, -0.05) is 97.7 Å². The molecular weight excluding hydrogens is 1150 g/mol. The number of aliphatic carboxylic acids is 1. The van der Waals surface area contributed by atoms with Crippen LogP contribution in [0.1, 0.15) is 103 Å². The van der Waals surface area contributed by atoms with Gasteiger partial charge in [0, 0.05) is 47.6 Å². The average Bonchev–Trinajstić information content (AvgIpc) is 3.60. The van der Waals surface area contributed by atoms with Gasteiger partial charge in [-0.15, -0.1) is 12.4 Å². The molecule has 0 aromatic heterocycles. The van der Waals surface area contributed by atoms with Crippen molar-refractivity contribution in [2.24, 2.45) is 10.8 Å². The SMILES string of the molecule is CC(C)(C)OC(=O)NCC(=O)O.CCc1ccc(NC(=O)OCC2(C(=O)NCc3ccccc3Cl)CCN(C(=O)CNC(=O)OC(C)(C)C)CC2)cc1.CCc1ccc(NC(=O)OCC2(C(=O)NCc3ccccc3Cl)CCNCC2)cc1.Cl. The zero-order chi connectivity index (χ0) is 61.2. The first-order valence-electron chi connectivity index (χ1n) is 27.5. The number of hydrogen-bond acceptors (Lipinski definition) is 13. The van der Waals surface area contributed by atoms with Crippen LogP contribution < -0.4 is 37.2 Å². The van der Waals surface area contributed by atoms with E-state index in [9.17, 15) is 38.4 Å². The summed E-state index contributed by atoms with van der Waals surface area (Å²) in [5.41, 5.74) is 2.11. The highest BCUT2D eigenvalue weighted by atomic mass is 35.5. The minimum atomic E-state index is -1.10. The van der Waals surface area contributed by atoms with Gasteiger partial charge in [0.2, 0.25) is 17.7 Å². The maximum atomic E-state index is 13.5. The Balaban J connectivity index is 0.000000375. The first-order chi connectivity index (χ1) is 39.2. The van der Waals surface area contributed by atoms with E-state index in [0.29, 0.717) is 53.9 Å². The molecule has 8 N–H and O–H groups in total. The number of carbonyl (C=O) groups excluding carboxylic acids is 7. The second kappa shape index (κ2) is 34.4. The number of aryl methyl sites for hydroxylation is 2. The molecule has 0 saturated carbocycles. The molecule has 2 fully saturated rings. The van der Waals surface area contributed by atoms with Gasteiger partial charge in [0.25, 0.3) is 0 Å². The second-order valence-electron chi connectivity index (χ2n) is 21.8. The third-order valence-corrected chi connectivity index (χ3v) is 13.9. The number of nitrogens with zero attached hydrogens (tertiary/aromatic N) is 1. The van der Waals surface area contributed by atoms with E-state index in [4.69, 9.17) is 47.3 Å². The number of nitrogens with one attached hydrogen (secondary N) is 7. The average molecular weight is 1230 g/mol. The fraction of sp³-hybridized carbons (Fsp3) is 0.467. The van der Waals surface area contributed by atoms with E-state index in [2.05, 4.69) is 44.1 Å². The van der Waals surface area contributed by atoms with Gasteiger partial charge in [0.05, 0.1) is 10.8 Å². The summed E-state index contributed by atoms with van der Waals surface area (Å²) in [5, 5.41) is 28.5. The number of hydrogen-bond donors (Lipinski definition) is 8. The van der Waals surface area contributed by atoms with Crippen molar-refractivity contribution in [1.29, 1.82) is 0 Å². The number of carboxylic acids is 1. The molecule has 0 spiro atoms. The predicted octanol–water partition coefficient (Wildman–Crippen LogP) is 10.1. The topological polar surface area (TPSA) is 281 Å². The van der Waals surface area contributed by atoms with E-state index in [1.165, 1.54) is 5.56 Å². The van der Waals surface area contributed by atoms with Crippen LogP contribution in [-0.2, 0) is 64.1 Å². The Morgan fingerprint density at radius 2 is 0.929 bits per heavy atom. The number of anilines is 2. The van der Waals surface area contributed by atoms with Crippen LogP contribution in [0.25, 0.3) is 0 Å². The summed E-state index contributed by atoms with van der Waals surface area (Å²) in [6, 6.07) is 29.7. The Morgan fingerprint density at radius 1 is 0.548 bits per heavy atom. The fourth-order valence-corrected chi connectivity index (χ4v) is 8.78. The van der Waals surface area contributed by atoms with Crippen LogP contribution in [0.15, 0.2) is 97.1 Å². The first kappa shape index (κ1) is 70.9. The van der Waals surface area contributed by atoms with Crippen LogP contribution in [0, 0.1) is 10.8 Å². The zero-order valence-corrected chi connectivity index (χ0v) is 51.3. The number of carboxylic acid groups (broad SMARTS) is 1. The maximum absolute atomic E-state index is 13.5. The van der Waals surface area contributed by atoms with Crippen LogP contribution in [0.5, 0.6) is 0 Å². The summed E-state index contributed by atoms with van der Waals surface area (Å²) in [4.78, 5) is 98.5. The van der Waals surface area contributed by atoms with Gasteiger partial charge in [-0.05, 0) is 152 Å². The molecule has 7 amide bonds. The Morgan fingerprint density at radius 3 is 1.30 bits per heavy atom. The number of likely N-dealkylation sites (tertiary alicyclic amines) is 1. The minimum absolute atomic E-state index is 0. The van der Waals surface area contributed by atoms with E-state index >= 15 is 0 Å². The monoisotopic (exact) mass is 1230 g/mol. The van der Waals surface area contributed by atoms with Crippen molar-refractivity contribution in [2.75, 3.05) is 63.1 Å². The van der Waals surface area contributed by atoms with Gasteiger partial charge in [-0.2, -0.15) is 0 Å². The van der Waals surface area contributed by atoms with Crippen LogP contribution in [-0.4, -0.2) is 122 Å². The summed E-state index contributed by atoms with van der Waals surface area (Å²) >= 11 is 12.4. The molecule has 460 valence electrons.